The molecule has 0 aliphatic rings. The molecule has 0 unspecified atom stereocenters. The molecule has 156 valence electrons. The van der Waals surface area contributed by atoms with Crippen molar-refractivity contribution in [1.29, 1.82) is 5.26 Å². The van der Waals surface area contributed by atoms with Gasteiger partial charge in [-0.25, -0.2) is 0 Å². The van der Waals surface area contributed by atoms with Gasteiger partial charge in [-0.15, -0.1) is 0 Å². The molecule has 2 amide bonds. The fourth-order valence-corrected chi connectivity index (χ4v) is 3.37. The van der Waals surface area contributed by atoms with Crippen molar-refractivity contribution in [2.75, 3.05) is 19.8 Å². The van der Waals surface area contributed by atoms with E-state index in [4.69, 9.17) is 15.2 Å². The first-order chi connectivity index (χ1) is 14.4. The normalized spacial score (nSPS) is 10.8. The Morgan fingerprint density at radius 1 is 1.23 bits per heavy atom. The quantitative estimate of drug-likeness (QED) is 0.285. The average Bonchev–Trinajstić information content (AvgIpc) is 2.72. The number of carbonyl (C=O) groups is 2. The van der Waals surface area contributed by atoms with Crippen LogP contribution < -0.4 is 20.5 Å². The van der Waals surface area contributed by atoms with E-state index in [9.17, 15) is 14.9 Å². The monoisotopic (exact) mass is 519 g/mol. The Balaban J connectivity index is 2.15. The summed E-state index contributed by atoms with van der Waals surface area (Å²) in [7, 11) is 0. The van der Waals surface area contributed by atoms with Crippen LogP contribution in [0.25, 0.3) is 6.08 Å². The first-order valence-corrected chi connectivity index (χ1v) is 10.3. The van der Waals surface area contributed by atoms with Crippen molar-refractivity contribution in [1.82, 2.24) is 5.32 Å². The maximum Gasteiger partial charge on any atom is 0.261 e. The highest BCUT2D eigenvalue weighted by Crippen LogP contribution is 2.35. The fourth-order valence-electron chi connectivity index (χ4n) is 2.59. The lowest BCUT2D eigenvalue weighted by molar-refractivity contribution is -0.120. The van der Waals surface area contributed by atoms with E-state index in [0.717, 1.165) is 5.56 Å². The van der Waals surface area contributed by atoms with Crippen molar-refractivity contribution in [2.45, 2.75) is 13.3 Å². The van der Waals surface area contributed by atoms with Crippen LogP contribution in [0.4, 0.5) is 0 Å². The number of nitriles is 1. The number of ether oxygens (including phenoxy) is 2. The Morgan fingerprint density at radius 2 is 1.97 bits per heavy atom. The van der Waals surface area contributed by atoms with E-state index in [-0.39, 0.29) is 12.2 Å². The maximum absolute atomic E-state index is 12.4. The molecule has 0 bridgehead atoms. The summed E-state index contributed by atoms with van der Waals surface area (Å²) in [5.41, 5.74) is 6.82. The number of rotatable bonds is 10. The molecular weight excluding hydrogens is 497 g/mol. The molecule has 0 atom stereocenters. The van der Waals surface area contributed by atoms with Crippen LogP contribution in [0.3, 0.4) is 0 Å². The summed E-state index contributed by atoms with van der Waals surface area (Å²) < 4.78 is 11.7. The molecular formula is C22H22IN3O4. The second-order valence-corrected chi connectivity index (χ2v) is 7.34. The predicted octanol–water partition coefficient (Wildman–Crippen LogP) is 2.82. The predicted molar refractivity (Wildman–Crippen MR) is 122 cm³/mol. The minimum Gasteiger partial charge on any atom is -0.490 e. The Bertz CT molecular complexity index is 968. The summed E-state index contributed by atoms with van der Waals surface area (Å²) in [6, 6.07) is 15.1. The van der Waals surface area contributed by atoms with Gasteiger partial charge in [0, 0.05) is 6.54 Å². The molecule has 2 aromatic rings. The maximum atomic E-state index is 12.4. The van der Waals surface area contributed by atoms with Gasteiger partial charge in [-0.3, -0.25) is 9.59 Å². The summed E-state index contributed by atoms with van der Waals surface area (Å²) in [6.07, 6.45) is 2.16. The minimum atomic E-state index is -0.601. The molecule has 0 aliphatic heterocycles. The Morgan fingerprint density at radius 3 is 2.60 bits per heavy atom. The number of nitrogens with one attached hydrogen (secondary N) is 1. The number of hydrogen-bond acceptors (Lipinski definition) is 5. The van der Waals surface area contributed by atoms with Crippen molar-refractivity contribution in [3.63, 3.8) is 0 Å². The second-order valence-electron chi connectivity index (χ2n) is 6.18. The highest BCUT2D eigenvalue weighted by Gasteiger charge is 2.15. The number of halogens is 1. The first kappa shape index (κ1) is 23.2. The summed E-state index contributed by atoms with van der Waals surface area (Å²) in [4.78, 5) is 23.4. The van der Waals surface area contributed by atoms with E-state index >= 15 is 0 Å². The zero-order valence-corrected chi connectivity index (χ0v) is 18.6. The number of nitrogens with zero attached hydrogens (tertiary/aromatic N) is 1. The van der Waals surface area contributed by atoms with E-state index < -0.39 is 11.8 Å². The molecule has 0 aromatic heterocycles. The molecule has 0 radical (unpaired) electrons. The van der Waals surface area contributed by atoms with E-state index in [1.165, 1.54) is 6.08 Å². The molecule has 0 saturated heterocycles. The van der Waals surface area contributed by atoms with Crippen molar-refractivity contribution >= 4 is 40.5 Å². The van der Waals surface area contributed by atoms with Gasteiger partial charge in [0.15, 0.2) is 18.1 Å². The molecule has 30 heavy (non-hydrogen) atoms. The SMILES string of the molecule is CCOc1cc(/C=C(\C#N)C(=O)NCCc2ccccc2)cc(I)c1OCC(N)=O. The highest BCUT2D eigenvalue weighted by molar-refractivity contribution is 14.1. The van der Waals surface area contributed by atoms with E-state index in [1.807, 2.05) is 65.9 Å². The Kier molecular flexibility index (Phi) is 9.15. The second kappa shape index (κ2) is 11.8. The van der Waals surface area contributed by atoms with Crippen LogP contribution in [0.15, 0.2) is 48.0 Å². The van der Waals surface area contributed by atoms with Gasteiger partial charge in [0.05, 0.1) is 10.2 Å². The first-order valence-electron chi connectivity index (χ1n) is 9.26. The summed E-state index contributed by atoms with van der Waals surface area (Å²) in [5, 5.41) is 12.2. The number of primary amides is 1. The molecule has 0 heterocycles. The number of amides is 2. The van der Waals surface area contributed by atoms with Crippen LogP contribution in [0.1, 0.15) is 18.1 Å². The topological polar surface area (TPSA) is 114 Å². The van der Waals surface area contributed by atoms with E-state index in [0.29, 0.717) is 40.2 Å². The van der Waals surface area contributed by atoms with Crippen LogP contribution in [-0.4, -0.2) is 31.6 Å². The summed E-state index contributed by atoms with van der Waals surface area (Å²) in [5.74, 6) is -0.260. The summed E-state index contributed by atoms with van der Waals surface area (Å²) in [6.45, 7) is 2.33. The fraction of sp³-hybridized carbons (Fsp3) is 0.227. The van der Waals surface area contributed by atoms with Crippen LogP contribution in [0.5, 0.6) is 11.5 Å². The lowest BCUT2D eigenvalue weighted by Gasteiger charge is -2.14. The Labute approximate surface area is 189 Å². The van der Waals surface area contributed by atoms with E-state index in [2.05, 4.69) is 5.32 Å². The zero-order chi connectivity index (χ0) is 21.9. The molecule has 8 heteroatoms. The number of carbonyl (C=O) groups excluding carboxylic acids is 2. The third kappa shape index (κ3) is 7.08. The van der Waals surface area contributed by atoms with Crippen molar-refractivity contribution < 1.29 is 19.1 Å². The van der Waals surface area contributed by atoms with Gasteiger partial charge < -0.3 is 20.5 Å². The van der Waals surface area contributed by atoms with Crippen molar-refractivity contribution in [3.8, 4) is 17.6 Å². The largest absolute Gasteiger partial charge is 0.490 e. The molecule has 0 spiro atoms. The van der Waals surface area contributed by atoms with Crippen LogP contribution in [-0.2, 0) is 16.0 Å². The van der Waals surface area contributed by atoms with Gasteiger partial charge in [0.2, 0.25) is 0 Å². The molecule has 0 fully saturated rings. The van der Waals surface area contributed by atoms with Gasteiger partial charge in [0.1, 0.15) is 11.6 Å². The van der Waals surface area contributed by atoms with Crippen LogP contribution >= 0.6 is 22.6 Å². The van der Waals surface area contributed by atoms with Gasteiger partial charge in [-0.2, -0.15) is 5.26 Å². The lowest BCUT2D eigenvalue weighted by Crippen LogP contribution is -2.26. The molecule has 0 saturated carbocycles. The summed E-state index contributed by atoms with van der Waals surface area (Å²) >= 11 is 2.03. The van der Waals surface area contributed by atoms with Gasteiger partial charge in [-0.05, 0) is 65.3 Å². The number of hydrogen-bond donors (Lipinski definition) is 2. The van der Waals surface area contributed by atoms with E-state index in [1.54, 1.807) is 12.1 Å². The van der Waals surface area contributed by atoms with Gasteiger partial charge in [-0.1, -0.05) is 30.3 Å². The third-order valence-electron chi connectivity index (χ3n) is 3.91. The lowest BCUT2D eigenvalue weighted by atomic mass is 10.1. The molecule has 0 aliphatic carbocycles. The average molecular weight is 519 g/mol. The molecule has 3 N–H and O–H groups in total. The third-order valence-corrected chi connectivity index (χ3v) is 4.71. The molecule has 2 aromatic carbocycles. The number of benzene rings is 2. The van der Waals surface area contributed by atoms with Crippen molar-refractivity contribution in [2.24, 2.45) is 5.73 Å². The number of nitrogens with two attached hydrogens (primary N) is 1. The minimum absolute atomic E-state index is 0.0212. The van der Waals surface area contributed by atoms with Gasteiger partial charge >= 0.3 is 0 Å². The molecule has 2 rings (SSSR count). The van der Waals surface area contributed by atoms with Crippen molar-refractivity contribution in [3.05, 3.63) is 62.7 Å². The zero-order valence-electron chi connectivity index (χ0n) is 16.5. The van der Waals surface area contributed by atoms with Gasteiger partial charge in [0.25, 0.3) is 11.8 Å². The Hall–Kier alpha value is -3.06. The smallest absolute Gasteiger partial charge is 0.261 e. The van der Waals surface area contributed by atoms with Crippen LogP contribution in [0.2, 0.25) is 0 Å². The standard InChI is InChI=1S/C22H22IN3O4/c1-2-29-19-12-16(11-18(23)21(19)30-14-20(25)27)10-17(13-24)22(28)26-9-8-15-6-4-3-5-7-15/h3-7,10-12H,2,8-9,14H2,1H3,(H2,25,27)(H,26,28)/b17-10+. The van der Waals surface area contributed by atoms with Crippen LogP contribution in [0, 0.1) is 14.9 Å². The molecule has 7 nitrogen and oxygen atoms in total. The highest BCUT2D eigenvalue weighted by atomic mass is 127.